The van der Waals surface area contributed by atoms with Crippen LogP contribution >= 0.6 is 0 Å². The van der Waals surface area contributed by atoms with E-state index >= 15 is 0 Å². The van der Waals surface area contributed by atoms with Crippen LogP contribution in [0.25, 0.3) is 0 Å². The van der Waals surface area contributed by atoms with Crippen molar-refractivity contribution < 1.29 is 23.4 Å². The molecule has 0 aliphatic carbocycles. The number of carbonyl (C=O) groups is 1. The quantitative estimate of drug-likeness (QED) is 0.859. The van der Waals surface area contributed by atoms with Crippen LogP contribution in [0.2, 0.25) is 0 Å². The van der Waals surface area contributed by atoms with Crippen molar-refractivity contribution >= 4 is 5.91 Å². The number of hydrogen-bond donors (Lipinski definition) is 2. The van der Waals surface area contributed by atoms with E-state index in [9.17, 15) is 18.7 Å². The molecule has 0 fully saturated rings. The van der Waals surface area contributed by atoms with Crippen LogP contribution < -0.4 is 10.1 Å². The van der Waals surface area contributed by atoms with Gasteiger partial charge in [-0.3, -0.25) is 4.79 Å². The van der Waals surface area contributed by atoms with Gasteiger partial charge < -0.3 is 15.2 Å². The minimum Gasteiger partial charge on any atom is -0.491 e. The molecule has 2 N–H and O–H groups in total. The maximum atomic E-state index is 13.2. The number of carbonyl (C=O) groups excluding carboxylic acids is 1. The third-order valence-electron chi connectivity index (χ3n) is 3.17. The molecule has 4 nitrogen and oxygen atoms in total. The number of amides is 1. The molecule has 2 aromatic carbocycles. The minimum absolute atomic E-state index is 0.0174. The molecule has 0 aliphatic heterocycles. The standard InChI is InChI=1S/C17H17F2NO3/c1-11-8-12(2-7-16(11)19)17(22)20-9-14(21)10-23-15-5-3-13(18)4-6-15/h2-8,14,21H,9-10H2,1H3,(H,20,22). The molecule has 2 rings (SSSR count). The molecular weight excluding hydrogens is 304 g/mol. The van der Waals surface area contributed by atoms with E-state index in [2.05, 4.69) is 5.32 Å². The number of halogens is 2. The van der Waals surface area contributed by atoms with Crippen LogP contribution in [0.15, 0.2) is 42.5 Å². The number of ether oxygens (including phenoxy) is 1. The number of benzene rings is 2. The van der Waals surface area contributed by atoms with E-state index in [0.717, 1.165) is 0 Å². The summed E-state index contributed by atoms with van der Waals surface area (Å²) in [5, 5.41) is 12.3. The first-order valence-electron chi connectivity index (χ1n) is 7.06. The monoisotopic (exact) mass is 321 g/mol. The average Bonchev–Trinajstić information content (AvgIpc) is 2.54. The van der Waals surface area contributed by atoms with Crippen LogP contribution in [0.5, 0.6) is 5.75 Å². The molecule has 1 atom stereocenters. The predicted octanol–water partition coefficient (Wildman–Crippen LogP) is 2.44. The molecule has 23 heavy (non-hydrogen) atoms. The smallest absolute Gasteiger partial charge is 0.251 e. The fourth-order valence-corrected chi connectivity index (χ4v) is 1.88. The van der Waals surface area contributed by atoms with E-state index in [0.29, 0.717) is 16.9 Å². The van der Waals surface area contributed by atoms with Crippen molar-refractivity contribution in [1.29, 1.82) is 0 Å². The first-order valence-corrected chi connectivity index (χ1v) is 7.06. The molecule has 1 unspecified atom stereocenters. The lowest BCUT2D eigenvalue weighted by Crippen LogP contribution is -2.35. The molecule has 0 heterocycles. The Morgan fingerprint density at radius 1 is 1.22 bits per heavy atom. The van der Waals surface area contributed by atoms with Gasteiger partial charge in [0, 0.05) is 12.1 Å². The van der Waals surface area contributed by atoms with Gasteiger partial charge in [0.2, 0.25) is 0 Å². The van der Waals surface area contributed by atoms with Gasteiger partial charge in [0.15, 0.2) is 0 Å². The molecule has 6 heteroatoms. The molecule has 0 aromatic heterocycles. The zero-order valence-corrected chi connectivity index (χ0v) is 12.6. The van der Waals surface area contributed by atoms with Crippen molar-refractivity contribution in [2.75, 3.05) is 13.2 Å². The van der Waals surface area contributed by atoms with Gasteiger partial charge in [-0.25, -0.2) is 8.78 Å². The van der Waals surface area contributed by atoms with Crippen molar-refractivity contribution in [1.82, 2.24) is 5.32 Å². The second-order valence-corrected chi connectivity index (χ2v) is 5.09. The van der Waals surface area contributed by atoms with Gasteiger partial charge in [0.05, 0.1) is 0 Å². The molecule has 0 saturated carbocycles. The third kappa shape index (κ3) is 5.03. The molecule has 0 spiro atoms. The largest absolute Gasteiger partial charge is 0.491 e. The number of hydrogen-bond acceptors (Lipinski definition) is 3. The lowest BCUT2D eigenvalue weighted by molar-refractivity contribution is 0.0843. The number of nitrogens with one attached hydrogen (secondary N) is 1. The Labute approximate surface area is 132 Å². The SMILES string of the molecule is Cc1cc(C(=O)NCC(O)COc2ccc(F)cc2)ccc1F. The molecular formula is C17H17F2NO3. The fourth-order valence-electron chi connectivity index (χ4n) is 1.88. The Hall–Kier alpha value is -2.47. The number of aliphatic hydroxyl groups excluding tert-OH is 1. The minimum atomic E-state index is -0.925. The highest BCUT2D eigenvalue weighted by Crippen LogP contribution is 2.11. The predicted molar refractivity (Wildman–Crippen MR) is 81.4 cm³/mol. The molecule has 122 valence electrons. The Bertz CT molecular complexity index is 674. The fraction of sp³-hybridized carbons (Fsp3) is 0.235. The van der Waals surface area contributed by atoms with E-state index < -0.39 is 12.0 Å². The second-order valence-electron chi connectivity index (χ2n) is 5.09. The van der Waals surface area contributed by atoms with E-state index in [-0.39, 0.29) is 24.8 Å². The van der Waals surface area contributed by atoms with Crippen molar-refractivity contribution in [3.63, 3.8) is 0 Å². The van der Waals surface area contributed by atoms with Crippen molar-refractivity contribution in [3.05, 3.63) is 65.2 Å². The van der Waals surface area contributed by atoms with Crippen LogP contribution in [0.1, 0.15) is 15.9 Å². The van der Waals surface area contributed by atoms with Crippen molar-refractivity contribution in [2.24, 2.45) is 0 Å². The first-order chi connectivity index (χ1) is 11.0. The Morgan fingerprint density at radius 2 is 1.91 bits per heavy atom. The lowest BCUT2D eigenvalue weighted by Gasteiger charge is -2.13. The molecule has 0 radical (unpaired) electrons. The van der Waals surface area contributed by atoms with Crippen molar-refractivity contribution in [2.45, 2.75) is 13.0 Å². The molecule has 0 aliphatic rings. The molecule has 0 bridgehead atoms. The number of aliphatic hydroxyl groups is 1. The maximum Gasteiger partial charge on any atom is 0.251 e. The highest BCUT2D eigenvalue weighted by atomic mass is 19.1. The zero-order valence-electron chi connectivity index (χ0n) is 12.6. The van der Waals surface area contributed by atoms with E-state index in [1.807, 2.05) is 0 Å². The second kappa shape index (κ2) is 7.69. The number of aryl methyl sites for hydroxylation is 1. The molecule has 2 aromatic rings. The highest BCUT2D eigenvalue weighted by molar-refractivity contribution is 5.94. The summed E-state index contributed by atoms with van der Waals surface area (Å²) in [6.07, 6.45) is -0.925. The van der Waals surface area contributed by atoms with E-state index in [4.69, 9.17) is 4.74 Å². The summed E-state index contributed by atoms with van der Waals surface area (Å²) < 4.78 is 31.2. The van der Waals surface area contributed by atoms with Gasteiger partial charge in [-0.1, -0.05) is 0 Å². The third-order valence-corrected chi connectivity index (χ3v) is 3.17. The van der Waals surface area contributed by atoms with Gasteiger partial charge >= 0.3 is 0 Å². The van der Waals surface area contributed by atoms with Crippen LogP contribution in [0.3, 0.4) is 0 Å². The van der Waals surface area contributed by atoms with Gasteiger partial charge in [-0.05, 0) is 55.0 Å². The highest BCUT2D eigenvalue weighted by Gasteiger charge is 2.11. The normalized spacial score (nSPS) is 11.8. The molecule has 0 saturated heterocycles. The summed E-state index contributed by atoms with van der Waals surface area (Å²) in [5.41, 5.74) is 0.688. The lowest BCUT2D eigenvalue weighted by atomic mass is 10.1. The average molecular weight is 321 g/mol. The van der Waals surface area contributed by atoms with Crippen LogP contribution in [0.4, 0.5) is 8.78 Å². The topological polar surface area (TPSA) is 58.6 Å². The summed E-state index contributed by atoms with van der Waals surface area (Å²) in [6.45, 7) is 1.50. The first kappa shape index (κ1) is 16.9. The van der Waals surface area contributed by atoms with Gasteiger partial charge in [-0.2, -0.15) is 0 Å². The van der Waals surface area contributed by atoms with Crippen LogP contribution in [-0.4, -0.2) is 30.3 Å². The van der Waals surface area contributed by atoms with E-state index in [1.54, 1.807) is 6.92 Å². The Balaban J connectivity index is 1.79. The van der Waals surface area contributed by atoms with Gasteiger partial charge in [0.1, 0.15) is 30.1 Å². The summed E-state index contributed by atoms with van der Waals surface area (Å²) in [7, 11) is 0. The summed E-state index contributed by atoms with van der Waals surface area (Å²) in [4.78, 5) is 11.9. The maximum absolute atomic E-state index is 13.2. The van der Waals surface area contributed by atoms with Gasteiger partial charge in [-0.15, -0.1) is 0 Å². The Kier molecular flexibility index (Phi) is 5.65. The summed E-state index contributed by atoms with van der Waals surface area (Å²) in [5.74, 6) is -0.742. The summed E-state index contributed by atoms with van der Waals surface area (Å²) >= 11 is 0. The Morgan fingerprint density at radius 3 is 2.57 bits per heavy atom. The summed E-state index contributed by atoms with van der Waals surface area (Å²) in [6, 6.07) is 9.42. The van der Waals surface area contributed by atoms with E-state index in [1.165, 1.54) is 42.5 Å². The molecule has 1 amide bonds. The van der Waals surface area contributed by atoms with Crippen LogP contribution in [-0.2, 0) is 0 Å². The zero-order chi connectivity index (χ0) is 16.8. The van der Waals surface area contributed by atoms with Gasteiger partial charge in [0.25, 0.3) is 5.91 Å². The van der Waals surface area contributed by atoms with Crippen LogP contribution in [0, 0.1) is 18.6 Å². The van der Waals surface area contributed by atoms with Crippen molar-refractivity contribution in [3.8, 4) is 5.75 Å². The number of rotatable bonds is 6.